The largest absolute Gasteiger partial charge is 0.318 e. The number of hydrogen-bond acceptors (Lipinski definition) is 2. The first kappa shape index (κ1) is 18.7. The van der Waals surface area contributed by atoms with E-state index in [0.29, 0.717) is 11.6 Å². The first-order valence-corrected chi connectivity index (χ1v) is 8.77. The number of anilines is 2. The summed E-state index contributed by atoms with van der Waals surface area (Å²) in [6.45, 7) is 8.14. The molecule has 0 aliphatic rings. The fourth-order valence-electron chi connectivity index (χ4n) is 2.81. The molecular formula is C21H26N2O2. The van der Waals surface area contributed by atoms with Gasteiger partial charge in [-0.25, -0.2) is 0 Å². The zero-order chi connectivity index (χ0) is 18.4. The van der Waals surface area contributed by atoms with Gasteiger partial charge in [-0.3, -0.25) is 9.59 Å². The van der Waals surface area contributed by atoms with E-state index in [4.69, 9.17) is 0 Å². The van der Waals surface area contributed by atoms with Crippen LogP contribution in [-0.2, 0) is 16.0 Å². The zero-order valence-electron chi connectivity index (χ0n) is 15.3. The summed E-state index contributed by atoms with van der Waals surface area (Å²) < 4.78 is 0. The number of rotatable bonds is 5. The standard InChI is InChI=1S/C21H26N2O2/c1-5-14(3)17-12-7-8-13-18(17)22-20(24)21(25)23-19-15(4)10-9-11-16(19)6-2/h7-14H,5-6H2,1-4H3,(H,22,24)(H,23,25). The van der Waals surface area contributed by atoms with Gasteiger partial charge in [0, 0.05) is 11.4 Å². The highest BCUT2D eigenvalue weighted by atomic mass is 16.2. The van der Waals surface area contributed by atoms with Gasteiger partial charge in [0.05, 0.1) is 0 Å². The van der Waals surface area contributed by atoms with Crippen LogP contribution in [0.1, 0.15) is 49.8 Å². The molecule has 0 saturated heterocycles. The van der Waals surface area contributed by atoms with Crippen LogP contribution in [0.25, 0.3) is 0 Å². The van der Waals surface area contributed by atoms with Gasteiger partial charge in [-0.1, -0.05) is 57.2 Å². The van der Waals surface area contributed by atoms with Gasteiger partial charge in [0.15, 0.2) is 0 Å². The van der Waals surface area contributed by atoms with Gasteiger partial charge in [0.2, 0.25) is 0 Å². The first-order valence-electron chi connectivity index (χ1n) is 8.77. The summed E-state index contributed by atoms with van der Waals surface area (Å²) in [5, 5.41) is 5.51. The van der Waals surface area contributed by atoms with E-state index in [-0.39, 0.29) is 0 Å². The van der Waals surface area contributed by atoms with E-state index < -0.39 is 11.8 Å². The van der Waals surface area contributed by atoms with Crippen LogP contribution in [0.15, 0.2) is 42.5 Å². The lowest BCUT2D eigenvalue weighted by Crippen LogP contribution is -2.30. The van der Waals surface area contributed by atoms with Crippen LogP contribution in [0.2, 0.25) is 0 Å². The van der Waals surface area contributed by atoms with Crippen LogP contribution in [-0.4, -0.2) is 11.8 Å². The molecule has 1 unspecified atom stereocenters. The lowest BCUT2D eigenvalue weighted by Gasteiger charge is -2.16. The van der Waals surface area contributed by atoms with Crippen molar-refractivity contribution in [1.29, 1.82) is 0 Å². The maximum absolute atomic E-state index is 12.4. The number of nitrogens with one attached hydrogen (secondary N) is 2. The normalized spacial score (nSPS) is 11.7. The van der Waals surface area contributed by atoms with Gasteiger partial charge in [0.25, 0.3) is 0 Å². The Morgan fingerprint density at radius 3 is 2.32 bits per heavy atom. The Morgan fingerprint density at radius 1 is 0.960 bits per heavy atom. The van der Waals surface area contributed by atoms with Crippen molar-refractivity contribution in [3.8, 4) is 0 Å². The monoisotopic (exact) mass is 338 g/mol. The van der Waals surface area contributed by atoms with E-state index in [1.807, 2.05) is 56.3 Å². The third-order valence-electron chi connectivity index (χ3n) is 4.54. The molecule has 0 fully saturated rings. The van der Waals surface area contributed by atoms with Gasteiger partial charge in [0.1, 0.15) is 0 Å². The number of carbonyl (C=O) groups excluding carboxylic acids is 2. The molecule has 4 heteroatoms. The van der Waals surface area contributed by atoms with Crippen molar-refractivity contribution in [1.82, 2.24) is 0 Å². The number of aryl methyl sites for hydroxylation is 2. The second-order valence-electron chi connectivity index (χ2n) is 6.27. The molecule has 2 N–H and O–H groups in total. The topological polar surface area (TPSA) is 58.2 Å². The average molecular weight is 338 g/mol. The molecule has 25 heavy (non-hydrogen) atoms. The molecular weight excluding hydrogens is 312 g/mol. The van der Waals surface area contributed by atoms with Crippen molar-refractivity contribution in [3.63, 3.8) is 0 Å². The number of carbonyl (C=O) groups is 2. The summed E-state index contributed by atoms with van der Waals surface area (Å²) in [4.78, 5) is 24.7. The van der Waals surface area contributed by atoms with Crippen LogP contribution < -0.4 is 10.6 Å². The highest BCUT2D eigenvalue weighted by Gasteiger charge is 2.18. The summed E-state index contributed by atoms with van der Waals surface area (Å²) in [5.41, 5.74) is 4.41. The molecule has 132 valence electrons. The Hall–Kier alpha value is -2.62. The average Bonchev–Trinajstić information content (AvgIpc) is 2.63. The molecule has 2 aromatic rings. The van der Waals surface area contributed by atoms with Gasteiger partial charge in [-0.2, -0.15) is 0 Å². The molecule has 0 heterocycles. The lowest BCUT2D eigenvalue weighted by molar-refractivity contribution is -0.133. The summed E-state index contributed by atoms with van der Waals surface area (Å²) in [5.74, 6) is -0.994. The molecule has 0 bridgehead atoms. The van der Waals surface area contributed by atoms with Gasteiger partial charge < -0.3 is 10.6 Å². The van der Waals surface area contributed by atoms with E-state index in [0.717, 1.165) is 35.2 Å². The molecule has 2 aromatic carbocycles. The number of benzene rings is 2. The zero-order valence-corrected chi connectivity index (χ0v) is 15.3. The summed E-state index contributed by atoms with van der Waals surface area (Å²) >= 11 is 0. The van der Waals surface area contributed by atoms with E-state index >= 15 is 0 Å². The molecule has 0 aliphatic heterocycles. The molecule has 4 nitrogen and oxygen atoms in total. The summed E-state index contributed by atoms with van der Waals surface area (Å²) in [6.07, 6.45) is 1.75. The minimum atomic E-state index is -0.652. The maximum atomic E-state index is 12.4. The van der Waals surface area contributed by atoms with Crippen molar-refractivity contribution in [2.45, 2.75) is 46.5 Å². The summed E-state index contributed by atoms with van der Waals surface area (Å²) in [7, 11) is 0. The minimum Gasteiger partial charge on any atom is -0.318 e. The van der Waals surface area contributed by atoms with Crippen molar-refractivity contribution in [2.24, 2.45) is 0 Å². The second kappa shape index (κ2) is 8.47. The van der Waals surface area contributed by atoms with Gasteiger partial charge in [-0.05, 0) is 48.4 Å². The van der Waals surface area contributed by atoms with Gasteiger partial charge >= 0.3 is 11.8 Å². The molecule has 0 aromatic heterocycles. The fraction of sp³-hybridized carbons (Fsp3) is 0.333. The number of amides is 2. The Morgan fingerprint density at radius 2 is 1.64 bits per heavy atom. The van der Waals surface area contributed by atoms with Crippen LogP contribution in [0, 0.1) is 6.92 Å². The van der Waals surface area contributed by atoms with Crippen molar-refractivity contribution in [3.05, 3.63) is 59.2 Å². The van der Waals surface area contributed by atoms with E-state index in [9.17, 15) is 9.59 Å². The van der Waals surface area contributed by atoms with Crippen LogP contribution in [0.5, 0.6) is 0 Å². The van der Waals surface area contributed by atoms with Crippen molar-refractivity contribution >= 4 is 23.2 Å². The minimum absolute atomic E-state index is 0.308. The van der Waals surface area contributed by atoms with E-state index in [2.05, 4.69) is 24.5 Å². The quantitative estimate of drug-likeness (QED) is 0.780. The third-order valence-corrected chi connectivity index (χ3v) is 4.54. The Labute approximate surface area is 149 Å². The molecule has 0 saturated carbocycles. The smallest absolute Gasteiger partial charge is 0.314 e. The molecule has 0 spiro atoms. The molecule has 0 radical (unpaired) electrons. The summed E-state index contributed by atoms with van der Waals surface area (Å²) in [6, 6.07) is 13.4. The second-order valence-corrected chi connectivity index (χ2v) is 6.27. The SMILES string of the molecule is CCc1cccc(C)c1NC(=O)C(=O)Nc1ccccc1C(C)CC. The van der Waals surface area contributed by atoms with Crippen molar-refractivity contribution < 1.29 is 9.59 Å². The first-order chi connectivity index (χ1) is 12.0. The van der Waals surface area contributed by atoms with Crippen LogP contribution in [0.3, 0.4) is 0 Å². The molecule has 1 atom stereocenters. The predicted molar refractivity (Wildman–Crippen MR) is 103 cm³/mol. The highest BCUT2D eigenvalue weighted by molar-refractivity contribution is 6.43. The third kappa shape index (κ3) is 4.47. The highest BCUT2D eigenvalue weighted by Crippen LogP contribution is 2.26. The molecule has 0 aliphatic carbocycles. The fourth-order valence-corrected chi connectivity index (χ4v) is 2.81. The predicted octanol–water partition coefficient (Wildman–Crippen LogP) is 4.65. The number of para-hydroxylation sites is 2. The van der Waals surface area contributed by atoms with Crippen LogP contribution in [0.4, 0.5) is 11.4 Å². The van der Waals surface area contributed by atoms with Gasteiger partial charge in [-0.15, -0.1) is 0 Å². The van der Waals surface area contributed by atoms with E-state index in [1.54, 1.807) is 0 Å². The Kier molecular flexibility index (Phi) is 6.34. The molecule has 2 amide bonds. The molecule has 2 rings (SSSR count). The lowest BCUT2D eigenvalue weighted by atomic mass is 9.97. The van der Waals surface area contributed by atoms with Crippen molar-refractivity contribution in [2.75, 3.05) is 10.6 Å². The van der Waals surface area contributed by atoms with Crippen LogP contribution >= 0.6 is 0 Å². The Bertz CT molecular complexity index is 768. The maximum Gasteiger partial charge on any atom is 0.314 e. The number of hydrogen-bond donors (Lipinski definition) is 2. The van der Waals surface area contributed by atoms with E-state index in [1.165, 1.54) is 0 Å². The Balaban J connectivity index is 2.16.